The smallest absolute Gasteiger partial charge is 0.290 e. The molecule has 0 saturated heterocycles. The average Bonchev–Trinajstić information content (AvgIpc) is 3.26. The second-order valence-corrected chi connectivity index (χ2v) is 6.11. The van der Waals surface area contributed by atoms with Crippen LogP contribution in [0.5, 0.6) is 0 Å². The van der Waals surface area contributed by atoms with Crippen LogP contribution in [0.4, 0.5) is 0 Å². The average molecular weight is 318 g/mol. The summed E-state index contributed by atoms with van der Waals surface area (Å²) in [5, 5.41) is 9.90. The van der Waals surface area contributed by atoms with Crippen LogP contribution in [0.1, 0.15) is 30.7 Å². The van der Waals surface area contributed by atoms with Crippen molar-refractivity contribution in [2.24, 2.45) is 0 Å². The van der Waals surface area contributed by atoms with E-state index >= 15 is 0 Å². The molecule has 0 atom stereocenters. The molecule has 0 aromatic carbocycles. The van der Waals surface area contributed by atoms with E-state index in [1.807, 2.05) is 16.8 Å². The minimum absolute atomic E-state index is 0.00839. The first kappa shape index (κ1) is 13.7. The molecular formula is C14H10N2O3S2. The van der Waals surface area contributed by atoms with E-state index in [1.54, 1.807) is 12.1 Å². The van der Waals surface area contributed by atoms with Gasteiger partial charge in [0.15, 0.2) is 0 Å². The molecule has 0 aliphatic rings. The van der Waals surface area contributed by atoms with Gasteiger partial charge in [-0.25, -0.2) is 0 Å². The zero-order valence-electron chi connectivity index (χ0n) is 10.7. The first-order valence-electron chi connectivity index (χ1n) is 6.08. The summed E-state index contributed by atoms with van der Waals surface area (Å²) in [7, 11) is 0. The number of hydrogen-bond donors (Lipinski definition) is 1. The molecule has 0 radical (unpaired) electrons. The zero-order valence-corrected chi connectivity index (χ0v) is 12.4. The molecule has 1 N–H and O–H groups in total. The Balaban J connectivity index is 1.63. The largest absolute Gasteiger partial charge is 0.351 e. The summed E-state index contributed by atoms with van der Waals surface area (Å²) in [4.78, 5) is 25.4. The van der Waals surface area contributed by atoms with Crippen molar-refractivity contribution in [3.05, 3.63) is 62.3 Å². The number of ketones is 1. The van der Waals surface area contributed by atoms with E-state index in [-0.39, 0.29) is 17.5 Å². The van der Waals surface area contributed by atoms with Gasteiger partial charge in [-0.15, -0.1) is 11.3 Å². The van der Waals surface area contributed by atoms with Gasteiger partial charge < -0.3 is 9.84 Å². The van der Waals surface area contributed by atoms with Crippen LogP contribution in [-0.2, 0) is 6.54 Å². The minimum Gasteiger partial charge on any atom is -0.351 e. The van der Waals surface area contributed by atoms with Crippen molar-refractivity contribution < 1.29 is 14.1 Å². The van der Waals surface area contributed by atoms with Gasteiger partial charge in [0, 0.05) is 21.9 Å². The number of carbonyl (C=O) groups is 2. The van der Waals surface area contributed by atoms with E-state index in [4.69, 9.17) is 4.52 Å². The van der Waals surface area contributed by atoms with Crippen molar-refractivity contribution in [1.29, 1.82) is 0 Å². The molecule has 7 heteroatoms. The number of amides is 1. The van der Waals surface area contributed by atoms with Crippen molar-refractivity contribution in [2.45, 2.75) is 6.54 Å². The highest BCUT2D eigenvalue weighted by Crippen LogP contribution is 2.21. The Hall–Kier alpha value is -2.25. The monoisotopic (exact) mass is 318 g/mol. The highest BCUT2D eigenvalue weighted by atomic mass is 32.1. The predicted octanol–water partition coefficient (Wildman–Crippen LogP) is 2.96. The third-order valence-corrected chi connectivity index (χ3v) is 4.52. The summed E-state index contributed by atoms with van der Waals surface area (Å²) in [5.41, 5.74) is 0.694. The summed E-state index contributed by atoms with van der Waals surface area (Å²) >= 11 is 2.87. The lowest BCUT2D eigenvalue weighted by Crippen LogP contribution is -2.21. The maximum atomic E-state index is 12.2. The topological polar surface area (TPSA) is 72.2 Å². The molecule has 0 fully saturated rings. The van der Waals surface area contributed by atoms with Gasteiger partial charge in [0.05, 0.1) is 17.6 Å². The van der Waals surface area contributed by atoms with Crippen molar-refractivity contribution in [2.75, 3.05) is 0 Å². The van der Waals surface area contributed by atoms with Crippen LogP contribution in [0, 0.1) is 0 Å². The Bertz CT molecular complexity index is 745. The fraction of sp³-hybridized carbons (Fsp3) is 0.0714. The second-order valence-electron chi connectivity index (χ2n) is 4.17. The SMILES string of the molecule is O=C(NCc1ccc(C(=O)c2ccsc2)s1)c1ccno1. The molecule has 1 amide bonds. The van der Waals surface area contributed by atoms with Crippen molar-refractivity contribution >= 4 is 34.4 Å². The first-order chi connectivity index (χ1) is 10.2. The van der Waals surface area contributed by atoms with Gasteiger partial charge in [-0.1, -0.05) is 5.16 Å². The van der Waals surface area contributed by atoms with Crippen LogP contribution < -0.4 is 5.32 Å². The Morgan fingerprint density at radius 3 is 2.86 bits per heavy atom. The molecule has 21 heavy (non-hydrogen) atoms. The zero-order chi connectivity index (χ0) is 14.7. The molecule has 5 nitrogen and oxygen atoms in total. The lowest BCUT2D eigenvalue weighted by molar-refractivity contribution is 0.0914. The fourth-order valence-corrected chi connectivity index (χ4v) is 3.26. The molecule has 0 aliphatic carbocycles. The fourth-order valence-electron chi connectivity index (χ4n) is 1.72. The van der Waals surface area contributed by atoms with Crippen LogP contribution in [0.25, 0.3) is 0 Å². The lowest BCUT2D eigenvalue weighted by Gasteiger charge is -1.99. The van der Waals surface area contributed by atoms with Crippen LogP contribution >= 0.6 is 22.7 Å². The molecule has 0 aliphatic heterocycles. The summed E-state index contributed by atoms with van der Waals surface area (Å²) in [5.74, 6) is -0.151. The van der Waals surface area contributed by atoms with E-state index in [0.29, 0.717) is 17.0 Å². The summed E-state index contributed by atoms with van der Waals surface area (Å²) < 4.78 is 4.76. The van der Waals surface area contributed by atoms with Crippen molar-refractivity contribution in [3.8, 4) is 0 Å². The number of nitrogens with zero attached hydrogens (tertiary/aromatic N) is 1. The molecule has 0 spiro atoms. The van der Waals surface area contributed by atoms with E-state index in [2.05, 4.69) is 10.5 Å². The molecule has 3 aromatic rings. The van der Waals surface area contributed by atoms with Gasteiger partial charge in [0.25, 0.3) is 5.91 Å². The van der Waals surface area contributed by atoms with Gasteiger partial charge in [-0.2, -0.15) is 11.3 Å². The minimum atomic E-state index is -0.327. The maximum Gasteiger partial charge on any atom is 0.290 e. The third-order valence-electron chi connectivity index (χ3n) is 2.75. The highest BCUT2D eigenvalue weighted by molar-refractivity contribution is 7.14. The Morgan fingerprint density at radius 1 is 1.24 bits per heavy atom. The van der Waals surface area contributed by atoms with Crippen LogP contribution in [0.2, 0.25) is 0 Å². The van der Waals surface area contributed by atoms with Crippen LogP contribution in [0.3, 0.4) is 0 Å². The van der Waals surface area contributed by atoms with Crippen molar-refractivity contribution in [3.63, 3.8) is 0 Å². The van der Waals surface area contributed by atoms with Gasteiger partial charge in [-0.05, 0) is 23.6 Å². The standard InChI is InChI=1S/C14H10N2O3S2/c17-13(9-4-6-20-8-9)12-2-1-10(21-12)7-15-14(18)11-3-5-16-19-11/h1-6,8H,7H2,(H,15,18). The molecule has 106 valence electrons. The number of thiophene rings is 2. The normalized spacial score (nSPS) is 10.5. The van der Waals surface area contributed by atoms with E-state index in [9.17, 15) is 9.59 Å². The molecule has 3 rings (SSSR count). The molecule has 3 aromatic heterocycles. The van der Waals surface area contributed by atoms with Gasteiger partial charge in [0.2, 0.25) is 11.5 Å². The van der Waals surface area contributed by atoms with E-state index < -0.39 is 0 Å². The molecule has 0 unspecified atom stereocenters. The van der Waals surface area contributed by atoms with Crippen molar-refractivity contribution in [1.82, 2.24) is 10.5 Å². The Kier molecular flexibility index (Phi) is 3.94. The Morgan fingerprint density at radius 2 is 2.14 bits per heavy atom. The van der Waals surface area contributed by atoms with Gasteiger partial charge in [-0.3, -0.25) is 9.59 Å². The number of aromatic nitrogens is 1. The first-order valence-corrected chi connectivity index (χ1v) is 7.84. The summed E-state index contributed by atoms with van der Waals surface area (Å²) in [6.07, 6.45) is 1.41. The third kappa shape index (κ3) is 3.09. The van der Waals surface area contributed by atoms with Gasteiger partial charge >= 0.3 is 0 Å². The number of hydrogen-bond acceptors (Lipinski definition) is 6. The van der Waals surface area contributed by atoms with Crippen LogP contribution in [-0.4, -0.2) is 16.8 Å². The lowest BCUT2D eigenvalue weighted by atomic mass is 10.2. The van der Waals surface area contributed by atoms with E-state index in [1.165, 1.54) is 34.9 Å². The highest BCUT2D eigenvalue weighted by Gasteiger charge is 2.13. The molecule has 0 saturated carbocycles. The molecule has 3 heterocycles. The van der Waals surface area contributed by atoms with Crippen LogP contribution in [0.15, 0.2) is 45.7 Å². The predicted molar refractivity (Wildman–Crippen MR) is 79.7 cm³/mol. The summed E-state index contributed by atoms with van der Waals surface area (Å²) in [6.45, 7) is 0.348. The number of carbonyl (C=O) groups excluding carboxylic acids is 2. The number of nitrogens with one attached hydrogen (secondary N) is 1. The maximum absolute atomic E-state index is 12.2. The van der Waals surface area contributed by atoms with E-state index in [0.717, 1.165) is 4.88 Å². The quantitative estimate of drug-likeness (QED) is 0.734. The Labute approximate surface area is 128 Å². The second kappa shape index (κ2) is 6.02. The number of rotatable bonds is 5. The summed E-state index contributed by atoms with van der Waals surface area (Å²) in [6, 6.07) is 6.92. The molecule has 0 bridgehead atoms. The molecular weight excluding hydrogens is 308 g/mol. The van der Waals surface area contributed by atoms with Gasteiger partial charge in [0.1, 0.15) is 0 Å².